The van der Waals surface area contributed by atoms with E-state index in [-0.39, 0.29) is 5.91 Å². The van der Waals surface area contributed by atoms with Gasteiger partial charge in [-0.15, -0.1) is 0 Å². The van der Waals surface area contributed by atoms with Gasteiger partial charge >= 0.3 is 0 Å². The monoisotopic (exact) mass is 315 g/mol. The number of piperazine rings is 1. The van der Waals surface area contributed by atoms with Crippen LogP contribution in [0.4, 0.5) is 5.69 Å². The van der Waals surface area contributed by atoms with Crippen LogP contribution in [-0.4, -0.2) is 42.5 Å². The smallest absolute Gasteiger partial charge is 0.238 e. The Morgan fingerprint density at radius 3 is 2.65 bits per heavy atom. The lowest BCUT2D eigenvalue weighted by Gasteiger charge is -2.35. The van der Waals surface area contributed by atoms with Crippen molar-refractivity contribution in [1.82, 2.24) is 10.2 Å². The summed E-state index contributed by atoms with van der Waals surface area (Å²) in [6, 6.07) is 5.81. The van der Waals surface area contributed by atoms with Gasteiger partial charge in [0, 0.05) is 30.2 Å². The molecular weight excluding hydrogens is 297 g/mol. The van der Waals surface area contributed by atoms with E-state index < -0.39 is 0 Å². The number of benzene rings is 1. The summed E-state index contributed by atoms with van der Waals surface area (Å²) in [6.45, 7) is 6.32. The van der Waals surface area contributed by atoms with Gasteiger partial charge in [-0.1, -0.05) is 23.2 Å². The zero-order valence-corrected chi connectivity index (χ0v) is 13.1. The number of hydrogen-bond donors (Lipinski definition) is 2. The van der Waals surface area contributed by atoms with Gasteiger partial charge in [0.05, 0.1) is 17.3 Å². The minimum Gasteiger partial charge on any atom is -0.324 e. The van der Waals surface area contributed by atoms with Crippen LogP contribution in [0.5, 0.6) is 0 Å². The number of amides is 1. The molecule has 110 valence electrons. The molecule has 1 saturated heterocycles. The van der Waals surface area contributed by atoms with Crippen LogP contribution in [0.15, 0.2) is 18.2 Å². The molecule has 2 unspecified atom stereocenters. The predicted molar refractivity (Wildman–Crippen MR) is 83.6 cm³/mol. The van der Waals surface area contributed by atoms with Crippen molar-refractivity contribution in [3.63, 3.8) is 0 Å². The van der Waals surface area contributed by atoms with Gasteiger partial charge < -0.3 is 10.6 Å². The average Bonchev–Trinajstić information content (AvgIpc) is 2.32. The van der Waals surface area contributed by atoms with Crippen LogP contribution in [0.25, 0.3) is 0 Å². The number of carbonyl (C=O) groups excluding carboxylic acids is 1. The fourth-order valence-electron chi connectivity index (χ4n) is 2.56. The number of nitrogens with one attached hydrogen (secondary N) is 2. The normalized spacial score (nSPS) is 23.6. The van der Waals surface area contributed by atoms with E-state index in [9.17, 15) is 4.79 Å². The minimum absolute atomic E-state index is 0.0736. The van der Waals surface area contributed by atoms with Crippen molar-refractivity contribution in [2.45, 2.75) is 25.9 Å². The summed E-state index contributed by atoms with van der Waals surface area (Å²) in [6.07, 6.45) is 0. The molecule has 0 bridgehead atoms. The molecule has 2 rings (SSSR count). The van der Waals surface area contributed by atoms with E-state index >= 15 is 0 Å². The maximum absolute atomic E-state index is 12.1. The molecule has 0 radical (unpaired) electrons. The SMILES string of the molecule is CC1CN(CC(=O)Nc2cc(Cl)ccc2Cl)CC(C)N1. The Kier molecular flexibility index (Phi) is 5.27. The van der Waals surface area contributed by atoms with Crippen LogP contribution in [0.3, 0.4) is 0 Å². The third kappa shape index (κ3) is 4.35. The first kappa shape index (κ1) is 15.6. The topological polar surface area (TPSA) is 44.4 Å². The van der Waals surface area contributed by atoms with Crippen molar-refractivity contribution in [2.75, 3.05) is 25.0 Å². The standard InChI is InChI=1S/C14H19Cl2N3O/c1-9-6-19(7-10(2)17-9)8-14(20)18-13-5-11(15)3-4-12(13)16/h3-5,9-10,17H,6-8H2,1-2H3,(H,18,20). The zero-order chi connectivity index (χ0) is 14.7. The first-order valence-electron chi connectivity index (χ1n) is 6.67. The van der Waals surface area contributed by atoms with Crippen LogP contribution in [-0.2, 0) is 4.79 Å². The van der Waals surface area contributed by atoms with Crippen LogP contribution >= 0.6 is 23.2 Å². The van der Waals surface area contributed by atoms with Crippen LogP contribution in [0, 0.1) is 0 Å². The molecule has 1 aromatic carbocycles. The maximum Gasteiger partial charge on any atom is 0.238 e. The lowest BCUT2D eigenvalue weighted by molar-refractivity contribution is -0.117. The van der Waals surface area contributed by atoms with Crippen LogP contribution in [0.2, 0.25) is 10.0 Å². The molecule has 2 atom stereocenters. The highest BCUT2D eigenvalue weighted by molar-refractivity contribution is 6.35. The highest BCUT2D eigenvalue weighted by atomic mass is 35.5. The fourth-order valence-corrected chi connectivity index (χ4v) is 2.89. The Morgan fingerprint density at radius 1 is 1.35 bits per heavy atom. The number of halogens is 2. The Bertz CT molecular complexity index is 485. The lowest BCUT2D eigenvalue weighted by atomic mass is 10.1. The third-order valence-corrected chi connectivity index (χ3v) is 3.77. The van der Waals surface area contributed by atoms with Gasteiger partial charge in [-0.05, 0) is 32.0 Å². The molecule has 1 aliphatic rings. The summed E-state index contributed by atoms with van der Waals surface area (Å²) >= 11 is 11.9. The summed E-state index contributed by atoms with van der Waals surface area (Å²) in [5.74, 6) is -0.0736. The van der Waals surface area contributed by atoms with Crippen molar-refractivity contribution in [3.05, 3.63) is 28.2 Å². The number of nitrogens with zero attached hydrogens (tertiary/aromatic N) is 1. The quantitative estimate of drug-likeness (QED) is 0.901. The molecule has 1 aromatic rings. The van der Waals surface area contributed by atoms with E-state index in [1.807, 2.05) is 0 Å². The molecule has 0 aliphatic carbocycles. The summed E-state index contributed by atoms with van der Waals surface area (Å²) < 4.78 is 0. The second-order valence-corrected chi connectivity index (χ2v) is 6.18. The van der Waals surface area contributed by atoms with Crippen molar-refractivity contribution in [3.8, 4) is 0 Å². The fraction of sp³-hybridized carbons (Fsp3) is 0.500. The summed E-state index contributed by atoms with van der Waals surface area (Å²) in [5, 5.41) is 7.29. The molecule has 1 heterocycles. The van der Waals surface area contributed by atoms with Crippen LogP contribution < -0.4 is 10.6 Å². The predicted octanol–water partition coefficient (Wildman–Crippen LogP) is 2.61. The summed E-state index contributed by atoms with van der Waals surface area (Å²) in [4.78, 5) is 14.2. The molecule has 0 aromatic heterocycles. The molecule has 2 N–H and O–H groups in total. The summed E-state index contributed by atoms with van der Waals surface area (Å²) in [7, 11) is 0. The summed E-state index contributed by atoms with van der Waals surface area (Å²) in [5.41, 5.74) is 0.556. The number of hydrogen-bond acceptors (Lipinski definition) is 3. The highest BCUT2D eigenvalue weighted by Crippen LogP contribution is 2.25. The van der Waals surface area contributed by atoms with Crippen molar-refractivity contribution < 1.29 is 4.79 Å². The molecule has 1 fully saturated rings. The molecule has 4 nitrogen and oxygen atoms in total. The van der Waals surface area contributed by atoms with Crippen molar-refractivity contribution in [2.24, 2.45) is 0 Å². The molecule has 20 heavy (non-hydrogen) atoms. The van der Waals surface area contributed by atoms with E-state index in [0.29, 0.717) is 34.4 Å². The first-order valence-corrected chi connectivity index (χ1v) is 7.43. The van der Waals surface area contributed by atoms with Crippen molar-refractivity contribution >= 4 is 34.8 Å². The second-order valence-electron chi connectivity index (χ2n) is 5.34. The Labute approximate surface area is 129 Å². The van der Waals surface area contributed by atoms with E-state index in [1.54, 1.807) is 18.2 Å². The van der Waals surface area contributed by atoms with E-state index in [2.05, 4.69) is 29.4 Å². The van der Waals surface area contributed by atoms with E-state index in [4.69, 9.17) is 23.2 Å². The molecule has 1 amide bonds. The molecule has 6 heteroatoms. The Morgan fingerprint density at radius 2 is 2.00 bits per heavy atom. The molecule has 1 aliphatic heterocycles. The van der Waals surface area contributed by atoms with Gasteiger partial charge in [0.15, 0.2) is 0 Å². The zero-order valence-electron chi connectivity index (χ0n) is 11.6. The van der Waals surface area contributed by atoms with E-state index in [1.165, 1.54) is 0 Å². The Balaban J connectivity index is 1.93. The Hall–Kier alpha value is -0.810. The molecule has 0 spiro atoms. The number of carbonyl (C=O) groups is 1. The highest BCUT2D eigenvalue weighted by Gasteiger charge is 2.22. The maximum atomic E-state index is 12.1. The molecular formula is C14H19Cl2N3O. The number of anilines is 1. The van der Waals surface area contributed by atoms with Gasteiger partial charge in [-0.3, -0.25) is 9.69 Å². The second kappa shape index (κ2) is 6.76. The van der Waals surface area contributed by atoms with Gasteiger partial charge in [0.25, 0.3) is 0 Å². The van der Waals surface area contributed by atoms with Crippen LogP contribution in [0.1, 0.15) is 13.8 Å². The van der Waals surface area contributed by atoms with Gasteiger partial charge in [-0.25, -0.2) is 0 Å². The minimum atomic E-state index is -0.0736. The van der Waals surface area contributed by atoms with E-state index in [0.717, 1.165) is 13.1 Å². The third-order valence-electron chi connectivity index (χ3n) is 3.20. The number of rotatable bonds is 3. The van der Waals surface area contributed by atoms with Gasteiger partial charge in [0.2, 0.25) is 5.91 Å². The molecule has 0 saturated carbocycles. The first-order chi connectivity index (χ1) is 9.44. The van der Waals surface area contributed by atoms with Gasteiger partial charge in [-0.2, -0.15) is 0 Å². The average molecular weight is 316 g/mol. The van der Waals surface area contributed by atoms with Crippen molar-refractivity contribution in [1.29, 1.82) is 0 Å². The van der Waals surface area contributed by atoms with Gasteiger partial charge in [0.1, 0.15) is 0 Å². The lowest BCUT2D eigenvalue weighted by Crippen LogP contribution is -2.55. The largest absolute Gasteiger partial charge is 0.324 e.